The van der Waals surface area contributed by atoms with Gasteiger partial charge in [-0.25, -0.2) is 13.9 Å². The summed E-state index contributed by atoms with van der Waals surface area (Å²) in [6.07, 6.45) is 3.83. The molecule has 2 aromatic rings. The van der Waals surface area contributed by atoms with Gasteiger partial charge in [-0.1, -0.05) is 43.7 Å². The molecule has 1 heterocycles. The van der Waals surface area contributed by atoms with Crippen molar-refractivity contribution in [2.75, 3.05) is 6.61 Å². The zero-order valence-electron chi connectivity index (χ0n) is 19.8. The van der Waals surface area contributed by atoms with Gasteiger partial charge in [0.05, 0.1) is 17.0 Å². The van der Waals surface area contributed by atoms with Gasteiger partial charge < -0.3 is 9.47 Å². The van der Waals surface area contributed by atoms with Crippen molar-refractivity contribution in [2.24, 2.45) is 7.05 Å². The maximum Gasteiger partial charge on any atom is 0.561 e. The number of halogens is 6. The molecule has 0 amide bonds. The Morgan fingerprint density at radius 1 is 1.00 bits per heavy atom. The second-order valence-corrected chi connectivity index (χ2v) is 11.4. The standard InChI is InChI=1S/C20H23F6N3O7S2/c1-3-4-12-35-18(30)16(28-11-10-27(2)14-28)17(36-13-15-8-6-5-7-9-15)29(37(31,32)19(21,22)23)38(33,34)20(24,25)26/h5-11,14,16H,3-4,12-13H2,1-2H3/q+2/t16-/m1/s1. The predicted octanol–water partition coefficient (Wildman–Crippen LogP) is 2.52. The van der Waals surface area contributed by atoms with Crippen molar-refractivity contribution in [3.05, 3.63) is 54.6 Å². The third-order valence-corrected chi connectivity index (χ3v) is 8.30. The summed E-state index contributed by atoms with van der Waals surface area (Å²) in [5, 5.41) is 0. The molecule has 0 N–H and O–H groups in total. The Bertz CT molecular complexity index is 1320. The van der Waals surface area contributed by atoms with Crippen molar-refractivity contribution < 1.29 is 65.4 Å². The van der Waals surface area contributed by atoms with Crippen LogP contribution in [0, 0.1) is 0 Å². The first kappa shape index (κ1) is 31.1. The molecule has 0 aliphatic rings. The van der Waals surface area contributed by atoms with Crippen molar-refractivity contribution in [1.29, 1.82) is 0 Å². The van der Waals surface area contributed by atoms with E-state index in [9.17, 15) is 48.0 Å². The van der Waals surface area contributed by atoms with E-state index in [1.165, 1.54) is 48.1 Å². The lowest BCUT2D eigenvalue weighted by Crippen LogP contribution is -2.49. The first-order chi connectivity index (χ1) is 17.4. The fourth-order valence-corrected chi connectivity index (χ4v) is 5.58. The summed E-state index contributed by atoms with van der Waals surface area (Å²) >= 11 is 0. The van der Waals surface area contributed by atoms with Gasteiger partial charge in [-0.15, -0.1) is 0 Å². The molecule has 18 heteroatoms. The minimum absolute atomic E-state index is 0.0925. The lowest BCUT2D eigenvalue weighted by Gasteiger charge is -2.17. The highest BCUT2D eigenvalue weighted by atomic mass is 32.3. The number of alkyl halides is 6. The number of benzene rings is 1. The minimum Gasteiger partial charge on any atom is -0.462 e. The Balaban J connectivity index is 3.00. The lowest BCUT2D eigenvalue weighted by molar-refractivity contribution is -0.671. The van der Waals surface area contributed by atoms with E-state index < -0.39 is 59.0 Å². The normalized spacial score (nSPS) is 13.6. The number of sulfonamides is 2. The molecular weight excluding hydrogens is 572 g/mol. The van der Waals surface area contributed by atoms with Crippen LogP contribution in [0.4, 0.5) is 26.3 Å². The number of carbonyl (C=O) groups excluding carboxylic acids is 1. The van der Waals surface area contributed by atoms with Crippen molar-refractivity contribution >= 4 is 31.9 Å². The highest BCUT2D eigenvalue weighted by Gasteiger charge is 2.70. The average Bonchev–Trinajstić information content (AvgIpc) is 3.22. The average molecular weight is 596 g/mol. The topological polar surface area (TPSA) is 116 Å². The number of carbonyl (C=O) groups is 1. The second-order valence-electron chi connectivity index (χ2n) is 7.66. The summed E-state index contributed by atoms with van der Waals surface area (Å²) in [7, 11) is -13.3. The van der Waals surface area contributed by atoms with E-state index in [1.807, 2.05) is 0 Å². The second kappa shape index (κ2) is 11.7. The Kier molecular flexibility index (Phi) is 9.58. The fraction of sp³-hybridized carbons (Fsp3) is 0.450. The van der Waals surface area contributed by atoms with Crippen molar-refractivity contribution in [3.63, 3.8) is 0 Å². The van der Waals surface area contributed by atoms with Gasteiger partial charge in [0.1, 0.15) is 19.0 Å². The maximum atomic E-state index is 13.6. The molecule has 0 fully saturated rings. The minimum atomic E-state index is -7.35. The summed E-state index contributed by atoms with van der Waals surface area (Å²) in [6, 6.07) is 4.42. The number of hydrogen-bond acceptors (Lipinski definition) is 7. The zero-order chi connectivity index (χ0) is 28.9. The third-order valence-electron chi connectivity index (χ3n) is 4.72. The number of aryl methyl sites for hydroxylation is 1. The quantitative estimate of drug-likeness (QED) is 0.104. The molecule has 1 aromatic carbocycles. The van der Waals surface area contributed by atoms with Crippen LogP contribution in [0.3, 0.4) is 0 Å². The molecule has 0 aliphatic heterocycles. The summed E-state index contributed by atoms with van der Waals surface area (Å²) < 4.78 is 141. The van der Waals surface area contributed by atoms with Crippen molar-refractivity contribution in [2.45, 2.75) is 43.4 Å². The Hall–Kier alpha value is -3.15. The molecular formula is C20H23F6N3O7S2+2. The van der Waals surface area contributed by atoms with Crippen LogP contribution < -0.4 is 4.57 Å². The summed E-state index contributed by atoms with van der Waals surface area (Å²) in [4.78, 5) is 13.0. The largest absolute Gasteiger partial charge is 0.561 e. The van der Waals surface area contributed by atoms with Crippen LogP contribution in [0.5, 0.6) is 0 Å². The molecule has 38 heavy (non-hydrogen) atoms. The van der Waals surface area contributed by atoms with Gasteiger partial charge in [-0.2, -0.15) is 43.2 Å². The molecule has 0 spiro atoms. The molecule has 1 aromatic heterocycles. The van der Waals surface area contributed by atoms with Gasteiger partial charge in [-0.3, -0.25) is 0 Å². The molecule has 212 valence electrons. The molecule has 0 aliphatic carbocycles. The number of esters is 1. The molecule has 0 radical (unpaired) electrons. The Morgan fingerprint density at radius 3 is 2.00 bits per heavy atom. The van der Waals surface area contributed by atoms with Crippen LogP contribution in [-0.4, -0.2) is 54.3 Å². The summed E-state index contributed by atoms with van der Waals surface area (Å²) in [6.45, 7) is 0.411. The Labute approximate surface area is 213 Å². The molecule has 10 nitrogen and oxygen atoms in total. The van der Waals surface area contributed by atoms with E-state index in [1.54, 1.807) is 6.92 Å². The molecule has 0 bridgehead atoms. The van der Waals surface area contributed by atoms with E-state index in [-0.39, 0.29) is 18.6 Å². The number of hydrogen-bond donors (Lipinski definition) is 0. The van der Waals surface area contributed by atoms with E-state index in [0.717, 1.165) is 12.5 Å². The Morgan fingerprint density at radius 2 is 1.55 bits per heavy atom. The fourth-order valence-electron chi connectivity index (χ4n) is 2.89. The molecule has 2 rings (SSSR count). The summed E-state index contributed by atoms with van der Waals surface area (Å²) in [5.41, 5.74) is -13.0. The SMILES string of the molecule is CCCCOC(=O)[C@@H](C(OCc1ccccc1)=[N+](S(=O)(=O)C(F)(F)F)S(=O)(=O)C(F)(F)F)n1cc[n+](C)c1. The first-order valence-electron chi connectivity index (χ1n) is 10.6. The van der Waals surface area contributed by atoms with Gasteiger partial charge in [0.2, 0.25) is 6.33 Å². The van der Waals surface area contributed by atoms with Gasteiger partial charge >= 0.3 is 49.0 Å². The lowest BCUT2D eigenvalue weighted by atomic mass is 10.2. The highest BCUT2D eigenvalue weighted by Crippen LogP contribution is 2.34. The number of unbranched alkanes of at least 4 members (excludes halogenated alkanes) is 1. The molecule has 0 saturated carbocycles. The smallest absolute Gasteiger partial charge is 0.462 e. The van der Waals surface area contributed by atoms with Crippen LogP contribution in [0.1, 0.15) is 31.4 Å². The molecule has 1 atom stereocenters. The predicted molar refractivity (Wildman–Crippen MR) is 117 cm³/mol. The van der Waals surface area contributed by atoms with Gasteiger partial charge in [-0.05, 0) is 12.0 Å². The van der Waals surface area contributed by atoms with E-state index >= 15 is 0 Å². The first-order valence-corrected chi connectivity index (χ1v) is 13.5. The van der Waals surface area contributed by atoms with Gasteiger partial charge in [0.15, 0.2) is 0 Å². The van der Waals surface area contributed by atoms with Crippen molar-refractivity contribution in [3.8, 4) is 0 Å². The van der Waals surface area contributed by atoms with Crippen LogP contribution in [0.2, 0.25) is 0 Å². The van der Waals surface area contributed by atoms with Crippen LogP contribution in [-0.2, 0) is 48.0 Å². The van der Waals surface area contributed by atoms with E-state index in [2.05, 4.69) is 0 Å². The number of rotatable bonds is 10. The van der Waals surface area contributed by atoms with E-state index in [0.29, 0.717) is 11.0 Å². The van der Waals surface area contributed by atoms with Gasteiger partial charge in [0.25, 0.3) is 0 Å². The molecule has 0 saturated heterocycles. The summed E-state index contributed by atoms with van der Waals surface area (Å²) in [5.74, 6) is -3.58. The van der Waals surface area contributed by atoms with Crippen LogP contribution >= 0.6 is 0 Å². The number of imidazole rings is 1. The highest BCUT2D eigenvalue weighted by molar-refractivity contribution is 7.98. The number of nitrogens with zero attached hydrogens (tertiary/aromatic N) is 3. The van der Waals surface area contributed by atoms with Crippen LogP contribution in [0.15, 0.2) is 49.1 Å². The molecule has 0 unspecified atom stereocenters. The zero-order valence-corrected chi connectivity index (χ0v) is 21.4. The van der Waals surface area contributed by atoms with Crippen LogP contribution in [0.25, 0.3) is 0 Å². The van der Waals surface area contributed by atoms with Crippen molar-refractivity contribution in [1.82, 2.24) is 4.57 Å². The van der Waals surface area contributed by atoms with Gasteiger partial charge in [0, 0.05) is 0 Å². The maximum absolute atomic E-state index is 13.6. The van der Waals surface area contributed by atoms with E-state index in [4.69, 9.17) is 9.47 Å². The number of aromatic nitrogens is 2. The third kappa shape index (κ3) is 6.83. The number of ether oxygens (including phenoxy) is 2. The monoisotopic (exact) mass is 595 g/mol.